The number of nitrogens with one attached hydrogen (secondary N) is 1. The summed E-state index contributed by atoms with van der Waals surface area (Å²) < 4.78 is 7.12. The number of rotatable bonds is 6. The number of ether oxygens (including phenoxy) is 1. The van der Waals surface area contributed by atoms with Gasteiger partial charge in [-0.05, 0) is 35.4 Å². The van der Waals surface area contributed by atoms with Crippen molar-refractivity contribution < 1.29 is 14.6 Å². The number of nitrogens with zero attached hydrogens (tertiary/aromatic N) is 1. The third kappa shape index (κ3) is 3.41. The topological polar surface area (TPSA) is 63.5 Å². The van der Waals surface area contributed by atoms with Gasteiger partial charge in [-0.25, -0.2) is 0 Å². The number of fused-ring (bicyclic) bond motifs is 1. The minimum atomic E-state index is -0.0731. The molecule has 1 aromatic heterocycles. The monoisotopic (exact) mass is 324 g/mol. The number of hydrogen-bond donors (Lipinski definition) is 2. The van der Waals surface area contributed by atoms with E-state index >= 15 is 0 Å². The van der Waals surface area contributed by atoms with Crippen molar-refractivity contribution in [2.75, 3.05) is 7.11 Å². The van der Waals surface area contributed by atoms with Crippen molar-refractivity contribution in [1.29, 1.82) is 0 Å². The number of methoxy groups -OCH3 is 1. The van der Waals surface area contributed by atoms with Crippen LogP contribution in [-0.4, -0.2) is 22.7 Å². The lowest BCUT2D eigenvalue weighted by Crippen LogP contribution is -2.27. The molecule has 0 fully saturated rings. The van der Waals surface area contributed by atoms with Gasteiger partial charge in [-0.1, -0.05) is 24.3 Å². The average molecular weight is 324 g/mol. The van der Waals surface area contributed by atoms with E-state index < -0.39 is 0 Å². The molecule has 0 aliphatic carbocycles. The zero-order chi connectivity index (χ0) is 16.9. The van der Waals surface area contributed by atoms with E-state index in [0.29, 0.717) is 6.54 Å². The van der Waals surface area contributed by atoms with Gasteiger partial charge in [0.25, 0.3) is 0 Å². The zero-order valence-electron chi connectivity index (χ0n) is 13.5. The molecule has 0 spiro atoms. The molecule has 24 heavy (non-hydrogen) atoms. The number of carbonyl (C=O) groups is 1. The first-order valence-corrected chi connectivity index (χ1v) is 7.78. The molecule has 2 aromatic carbocycles. The van der Waals surface area contributed by atoms with E-state index in [1.54, 1.807) is 7.11 Å². The Bertz CT molecular complexity index is 855. The molecule has 5 heteroatoms. The number of aliphatic hydroxyl groups excluding tert-OH is 1. The van der Waals surface area contributed by atoms with Crippen LogP contribution < -0.4 is 10.1 Å². The van der Waals surface area contributed by atoms with Crippen molar-refractivity contribution in [2.24, 2.45) is 0 Å². The molecule has 124 valence electrons. The van der Waals surface area contributed by atoms with Crippen LogP contribution in [0.4, 0.5) is 0 Å². The highest BCUT2D eigenvalue weighted by Crippen LogP contribution is 2.21. The second-order valence-electron chi connectivity index (χ2n) is 5.57. The summed E-state index contributed by atoms with van der Waals surface area (Å²) in [5.41, 5.74) is 2.74. The average Bonchev–Trinajstić information content (AvgIpc) is 3.02. The SMILES string of the molecule is COc1ccc2c(ccn2CC(=O)NCc2ccccc2CO)c1. The molecular formula is C19H20N2O3. The minimum Gasteiger partial charge on any atom is -0.497 e. The third-order valence-corrected chi connectivity index (χ3v) is 4.06. The van der Waals surface area contributed by atoms with Gasteiger partial charge in [0.2, 0.25) is 5.91 Å². The summed E-state index contributed by atoms with van der Waals surface area (Å²) in [6.07, 6.45) is 1.89. The highest BCUT2D eigenvalue weighted by atomic mass is 16.5. The number of hydrogen-bond acceptors (Lipinski definition) is 3. The van der Waals surface area contributed by atoms with Crippen LogP contribution in [0, 0.1) is 0 Å². The van der Waals surface area contributed by atoms with Crippen molar-refractivity contribution in [3.63, 3.8) is 0 Å². The molecule has 3 aromatic rings. The molecule has 0 saturated carbocycles. The summed E-state index contributed by atoms with van der Waals surface area (Å²) in [6.45, 7) is 0.621. The van der Waals surface area contributed by atoms with Crippen LogP contribution in [0.5, 0.6) is 5.75 Å². The largest absolute Gasteiger partial charge is 0.497 e. The van der Waals surface area contributed by atoms with Crippen LogP contribution in [0.3, 0.4) is 0 Å². The Morgan fingerprint density at radius 2 is 1.96 bits per heavy atom. The molecule has 3 rings (SSSR count). The summed E-state index contributed by atoms with van der Waals surface area (Å²) in [5, 5.41) is 13.3. The van der Waals surface area contributed by atoms with E-state index in [1.807, 2.05) is 59.3 Å². The Labute approximate surface area is 140 Å². The Hall–Kier alpha value is -2.79. The van der Waals surface area contributed by atoms with Crippen LogP contribution in [0.1, 0.15) is 11.1 Å². The second kappa shape index (κ2) is 7.19. The molecule has 0 aliphatic rings. The maximum absolute atomic E-state index is 12.2. The fourth-order valence-corrected chi connectivity index (χ4v) is 2.73. The predicted molar refractivity (Wildman–Crippen MR) is 92.7 cm³/mol. The van der Waals surface area contributed by atoms with Crippen molar-refractivity contribution in [3.05, 3.63) is 65.9 Å². The fourth-order valence-electron chi connectivity index (χ4n) is 2.73. The Balaban J connectivity index is 1.67. The lowest BCUT2D eigenvalue weighted by Gasteiger charge is -2.10. The number of amides is 1. The van der Waals surface area contributed by atoms with Gasteiger partial charge in [0.1, 0.15) is 12.3 Å². The van der Waals surface area contributed by atoms with Gasteiger partial charge in [0.15, 0.2) is 0 Å². The number of aromatic nitrogens is 1. The lowest BCUT2D eigenvalue weighted by molar-refractivity contribution is -0.121. The molecule has 0 unspecified atom stereocenters. The van der Waals surface area contributed by atoms with Gasteiger partial charge in [-0.15, -0.1) is 0 Å². The molecule has 0 radical (unpaired) electrons. The number of benzene rings is 2. The highest BCUT2D eigenvalue weighted by molar-refractivity contribution is 5.84. The molecule has 0 aliphatic heterocycles. The van der Waals surface area contributed by atoms with E-state index in [-0.39, 0.29) is 19.1 Å². The van der Waals surface area contributed by atoms with E-state index in [2.05, 4.69) is 5.32 Å². The molecule has 0 bridgehead atoms. The van der Waals surface area contributed by atoms with Crippen LogP contribution >= 0.6 is 0 Å². The second-order valence-corrected chi connectivity index (χ2v) is 5.57. The van der Waals surface area contributed by atoms with Gasteiger partial charge in [-0.3, -0.25) is 4.79 Å². The lowest BCUT2D eigenvalue weighted by atomic mass is 10.1. The van der Waals surface area contributed by atoms with Gasteiger partial charge >= 0.3 is 0 Å². The summed E-state index contributed by atoms with van der Waals surface area (Å²) >= 11 is 0. The maximum atomic E-state index is 12.2. The normalized spacial score (nSPS) is 10.8. The third-order valence-electron chi connectivity index (χ3n) is 4.06. The Morgan fingerprint density at radius 1 is 1.17 bits per heavy atom. The predicted octanol–water partition coefficient (Wildman–Crippen LogP) is 2.46. The zero-order valence-corrected chi connectivity index (χ0v) is 13.5. The smallest absolute Gasteiger partial charge is 0.240 e. The van der Waals surface area contributed by atoms with Crippen LogP contribution in [0.15, 0.2) is 54.7 Å². The van der Waals surface area contributed by atoms with E-state index in [0.717, 1.165) is 27.8 Å². The highest BCUT2D eigenvalue weighted by Gasteiger charge is 2.08. The van der Waals surface area contributed by atoms with Crippen LogP contribution in [-0.2, 0) is 24.5 Å². The minimum absolute atomic E-state index is 0.0316. The van der Waals surface area contributed by atoms with E-state index in [1.165, 1.54) is 0 Å². The van der Waals surface area contributed by atoms with Gasteiger partial charge in [-0.2, -0.15) is 0 Å². The van der Waals surface area contributed by atoms with Gasteiger partial charge in [0.05, 0.1) is 13.7 Å². The Kier molecular flexibility index (Phi) is 4.82. The maximum Gasteiger partial charge on any atom is 0.240 e. The summed E-state index contributed by atoms with van der Waals surface area (Å²) in [5.74, 6) is 0.723. The van der Waals surface area contributed by atoms with Crippen molar-refractivity contribution in [3.8, 4) is 5.75 Å². The van der Waals surface area contributed by atoms with Crippen molar-refractivity contribution in [2.45, 2.75) is 19.7 Å². The first kappa shape index (κ1) is 16.1. The first-order chi connectivity index (χ1) is 11.7. The van der Waals surface area contributed by atoms with E-state index in [9.17, 15) is 9.90 Å². The molecule has 5 nitrogen and oxygen atoms in total. The summed E-state index contributed by atoms with van der Waals surface area (Å²) in [6, 6.07) is 15.3. The Morgan fingerprint density at radius 3 is 2.71 bits per heavy atom. The molecule has 1 heterocycles. The molecule has 2 N–H and O–H groups in total. The fraction of sp³-hybridized carbons (Fsp3) is 0.211. The molecule has 0 atom stereocenters. The molecule has 0 saturated heterocycles. The number of aliphatic hydroxyl groups is 1. The van der Waals surface area contributed by atoms with Crippen LogP contribution in [0.25, 0.3) is 10.9 Å². The molecule has 1 amide bonds. The first-order valence-electron chi connectivity index (χ1n) is 7.78. The summed E-state index contributed by atoms with van der Waals surface area (Å²) in [7, 11) is 1.63. The quantitative estimate of drug-likeness (QED) is 0.732. The van der Waals surface area contributed by atoms with Gasteiger partial charge in [0, 0.05) is 23.6 Å². The van der Waals surface area contributed by atoms with Crippen molar-refractivity contribution in [1.82, 2.24) is 9.88 Å². The van der Waals surface area contributed by atoms with E-state index in [4.69, 9.17) is 4.74 Å². The van der Waals surface area contributed by atoms with Crippen LogP contribution in [0.2, 0.25) is 0 Å². The standard InChI is InChI=1S/C19H20N2O3/c1-24-17-6-7-18-14(10-17)8-9-21(18)12-19(23)20-11-15-4-2-3-5-16(15)13-22/h2-10,22H,11-13H2,1H3,(H,20,23). The number of carbonyl (C=O) groups excluding carboxylic acids is 1. The molecular weight excluding hydrogens is 304 g/mol. The van der Waals surface area contributed by atoms with Crippen molar-refractivity contribution >= 4 is 16.8 Å². The summed E-state index contributed by atoms with van der Waals surface area (Å²) in [4.78, 5) is 12.2. The van der Waals surface area contributed by atoms with Gasteiger partial charge < -0.3 is 19.7 Å².